The summed E-state index contributed by atoms with van der Waals surface area (Å²) in [6.07, 6.45) is 7.43. The van der Waals surface area contributed by atoms with Gasteiger partial charge in [0.15, 0.2) is 0 Å². The Morgan fingerprint density at radius 2 is 1.69 bits per heavy atom. The van der Waals surface area contributed by atoms with Crippen molar-refractivity contribution < 1.29 is 0 Å². The lowest BCUT2D eigenvalue weighted by atomic mass is 9.90. The fourth-order valence-corrected chi connectivity index (χ4v) is 1.32. The molecule has 0 fully saturated rings. The molecule has 0 amide bonds. The van der Waals surface area contributed by atoms with E-state index in [1.54, 1.807) is 17.1 Å². The standard InChI is InChI=1S/C12H16N4/c1-9-5-13-11(14-6-9)16-8-10(7-15-16)12(2,3)4/h5-8H,1-4H3. The van der Waals surface area contributed by atoms with Crippen LogP contribution in [0.1, 0.15) is 31.9 Å². The summed E-state index contributed by atoms with van der Waals surface area (Å²) >= 11 is 0. The Bertz CT molecular complexity index is 476. The van der Waals surface area contributed by atoms with Crippen LogP contribution in [-0.4, -0.2) is 19.7 Å². The molecule has 0 aliphatic heterocycles. The molecule has 2 rings (SSSR count). The van der Waals surface area contributed by atoms with Crippen LogP contribution in [0.2, 0.25) is 0 Å². The molecule has 84 valence electrons. The Morgan fingerprint density at radius 3 is 2.19 bits per heavy atom. The van der Waals surface area contributed by atoms with Crippen LogP contribution in [0, 0.1) is 6.92 Å². The molecule has 2 aromatic rings. The van der Waals surface area contributed by atoms with Gasteiger partial charge in [0, 0.05) is 18.6 Å². The summed E-state index contributed by atoms with van der Waals surface area (Å²) in [5.41, 5.74) is 2.33. The highest BCUT2D eigenvalue weighted by molar-refractivity contribution is 5.20. The van der Waals surface area contributed by atoms with Gasteiger partial charge < -0.3 is 0 Å². The summed E-state index contributed by atoms with van der Waals surface area (Å²) in [5, 5.41) is 4.27. The molecule has 0 aromatic carbocycles. The topological polar surface area (TPSA) is 43.6 Å². The van der Waals surface area contributed by atoms with E-state index in [2.05, 4.69) is 35.8 Å². The van der Waals surface area contributed by atoms with Crippen LogP contribution in [0.3, 0.4) is 0 Å². The lowest BCUT2D eigenvalue weighted by Crippen LogP contribution is -2.09. The van der Waals surface area contributed by atoms with Gasteiger partial charge in [-0.1, -0.05) is 20.8 Å². The Kier molecular flexibility index (Phi) is 2.50. The summed E-state index contributed by atoms with van der Waals surface area (Å²) in [4.78, 5) is 8.47. The van der Waals surface area contributed by atoms with Gasteiger partial charge in [0.05, 0.1) is 6.20 Å². The fourth-order valence-electron chi connectivity index (χ4n) is 1.32. The van der Waals surface area contributed by atoms with Crippen molar-refractivity contribution in [2.24, 2.45) is 0 Å². The summed E-state index contributed by atoms with van der Waals surface area (Å²) in [6, 6.07) is 0. The maximum absolute atomic E-state index is 4.27. The molecule has 4 nitrogen and oxygen atoms in total. The zero-order chi connectivity index (χ0) is 11.8. The summed E-state index contributed by atoms with van der Waals surface area (Å²) in [7, 11) is 0. The predicted octanol–water partition coefficient (Wildman–Crippen LogP) is 2.27. The zero-order valence-corrected chi connectivity index (χ0v) is 10.1. The Morgan fingerprint density at radius 1 is 1.06 bits per heavy atom. The first-order chi connectivity index (χ1) is 7.47. The van der Waals surface area contributed by atoms with Gasteiger partial charge in [-0.3, -0.25) is 0 Å². The van der Waals surface area contributed by atoms with Crippen LogP contribution < -0.4 is 0 Å². The van der Waals surface area contributed by atoms with Crippen molar-refractivity contribution >= 4 is 0 Å². The van der Waals surface area contributed by atoms with Gasteiger partial charge in [-0.25, -0.2) is 14.6 Å². The minimum atomic E-state index is 0.100. The fraction of sp³-hybridized carbons (Fsp3) is 0.417. The van der Waals surface area contributed by atoms with Crippen LogP contribution in [0.15, 0.2) is 24.8 Å². The minimum absolute atomic E-state index is 0.100. The molecule has 2 aromatic heterocycles. The molecule has 4 heteroatoms. The first-order valence-corrected chi connectivity index (χ1v) is 5.31. The molecule has 0 aliphatic carbocycles. The largest absolute Gasteiger partial charge is 0.250 e. The van der Waals surface area contributed by atoms with Gasteiger partial charge in [-0.15, -0.1) is 0 Å². The van der Waals surface area contributed by atoms with E-state index < -0.39 is 0 Å². The van der Waals surface area contributed by atoms with Gasteiger partial charge in [0.2, 0.25) is 5.95 Å². The van der Waals surface area contributed by atoms with E-state index in [0.717, 1.165) is 5.56 Å². The van der Waals surface area contributed by atoms with Crippen molar-refractivity contribution in [2.45, 2.75) is 33.1 Å². The molecular formula is C12H16N4. The van der Waals surface area contributed by atoms with E-state index in [-0.39, 0.29) is 5.41 Å². The minimum Gasteiger partial charge on any atom is -0.219 e. The highest BCUT2D eigenvalue weighted by atomic mass is 15.3. The maximum atomic E-state index is 4.27. The van der Waals surface area contributed by atoms with E-state index in [1.165, 1.54) is 5.56 Å². The molecule has 0 radical (unpaired) electrons. The van der Waals surface area contributed by atoms with Crippen molar-refractivity contribution in [3.05, 3.63) is 35.9 Å². The van der Waals surface area contributed by atoms with E-state index in [4.69, 9.17) is 0 Å². The summed E-state index contributed by atoms with van der Waals surface area (Å²) in [5.74, 6) is 0.612. The molecule has 0 saturated carbocycles. The smallest absolute Gasteiger partial charge is 0.219 e. The van der Waals surface area contributed by atoms with Crippen LogP contribution in [-0.2, 0) is 5.41 Å². The molecule has 0 unspecified atom stereocenters. The van der Waals surface area contributed by atoms with E-state index in [0.29, 0.717) is 5.95 Å². The number of nitrogens with zero attached hydrogens (tertiary/aromatic N) is 4. The number of rotatable bonds is 1. The summed E-state index contributed by atoms with van der Waals surface area (Å²) < 4.78 is 1.71. The molecule has 0 atom stereocenters. The second-order valence-electron chi connectivity index (χ2n) is 4.98. The quantitative estimate of drug-likeness (QED) is 0.734. The lowest BCUT2D eigenvalue weighted by Gasteiger charge is -2.14. The van der Waals surface area contributed by atoms with Crippen LogP contribution in [0.4, 0.5) is 0 Å². The average molecular weight is 216 g/mol. The van der Waals surface area contributed by atoms with Gasteiger partial charge >= 0.3 is 0 Å². The van der Waals surface area contributed by atoms with Gasteiger partial charge in [-0.2, -0.15) is 5.10 Å². The van der Waals surface area contributed by atoms with Crippen LogP contribution >= 0.6 is 0 Å². The van der Waals surface area contributed by atoms with Crippen molar-refractivity contribution in [3.63, 3.8) is 0 Å². The zero-order valence-electron chi connectivity index (χ0n) is 10.1. The second-order valence-corrected chi connectivity index (χ2v) is 4.98. The third-order valence-corrected chi connectivity index (χ3v) is 2.42. The highest BCUT2D eigenvalue weighted by Gasteiger charge is 2.16. The van der Waals surface area contributed by atoms with Crippen molar-refractivity contribution in [2.75, 3.05) is 0 Å². The number of hydrogen-bond acceptors (Lipinski definition) is 3. The number of aryl methyl sites for hydroxylation is 1. The number of aromatic nitrogens is 4. The first kappa shape index (κ1) is 10.8. The Hall–Kier alpha value is -1.71. The Labute approximate surface area is 95.4 Å². The average Bonchev–Trinajstić information content (AvgIpc) is 2.67. The normalized spacial score (nSPS) is 11.8. The maximum Gasteiger partial charge on any atom is 0.250 e. The van der Waals surface area contributed by atoms with E-state index >= 15 is 0 Å². The molecule has 0 N–H and O–H groups in total. The van der Waals surface area contributed by atoms with Crippen molar-refractivity contribution in [1.29, 1.82) is 0 Å². The van der Waals surface area contributed by atoms with Gasteiger partial charge in [0.25, 0.3) is 0 Å². The monoisotopic (exact) mass is 216 g/mol. The number of hydrogen-bond donors (Lipinski definition) is 0. The third-order valence-electron chi connectivity index (χ3n) is 2.42. The molecule has 0 bridgehead atoms. The van der Waals surface area contributed by atoms with Crippen LogP contribution in [0.25, 0.3) is 5.95 Å². The van der Waals surface area contributed by atoms with Crippen molar-refractivity contribution in [1.82, 2.24) is 19.7 Å². The lowest BCUT2D eigenvalue weighted by molar-refractivity contribution is 0.590. The van der Waals surface area contributed by atoms with E-state index in [1.807, 2.05) is 19.3 Å². The van der Waals surface area contributed by atoms with Crippen molar-refractivity contribution in [3.8, 4) is 5.95 Å². The molecule has 2 heterocycles. The van der Waals surface area contributed by atoms with Gasteiger partial charge in [0.1, 0.15) is 0 Å². The molecule has 0 spiro atoms. The highest BCUT2D eigenvalue weighted by Crippen LogP contribution is 2.21. The molecule has 16 heavy (non-hydrogen) atoms. The van der Waals surface area contributed by atoms with Crippen LogP contribution in [0.5, 0.6) is 0 Å². The second kappa shape index (κ2) is 3.70. The molecule has 0 saturated heterocycles. The molecular weight excluding hydrogens is 200 g/mol. The predicted molar refractivity (Wildman–Crippen MR) is 62.6 cm³/mol. The first-order valence-electron chi connectivity index (χ1n) is 5.31. The SMILES string of the molecule is Cc1cnc(-n2cc(C(C)(C)C)cn2)nc1. The van der Waals surface area contributed by atoms with Gasteiger partial charge in [-0.05, 0) is 23.5 Å². The summed E-state index contributed by atoms with van der Waals surface area (Å²) in [6.45, 7) is 8.44. The van der Waals surface area contributed by atoms with E-state index in [9.17, 15) is 0 Å². The molecule has 0 aliphatic rings. The Balaban J connectivity index is 2.35. The third kappa shape index (κ3) is 2.10.